The summed E-state index contributed by atoms with van der Waals surface area (Å²) in [6.07, 6.45) is 0. The van der Waals surface area contributed by atoms with Gasteiger partial charge in [0.2, 0.25) is 0 Å². The number of carbonyl (C=O) groups is 1. The number of hydrogen-bond acceptors (Lipinski definition) is 4. The van der Waals surface area contributed by atoms with Crippen molar-refractivity contribution >= 4 is 22.4 Å². The molecule has 0 saturated carbocycles. The Kier molecular flexibility index (Phi) is 1.86. The maximum absolute atomic E-state index is 10.8. The highest BCUT2D eigenvalue weighted by Crippen LogP contribution is 2.09. The number of nitrogens with zero attached hydrogens (tertiary/aromatic N) is 1. The summed E-state index contributed by atoms with van der Waals surface area (Å²) in [5.41, 5.74) is 5.68. The number of nitrogen functional groups attached to an aromatic ring is 1. The molecule has 0 aromatic carbocycles. The predicted molar refractivity (Wildman–Crippen MR) is 39.9 cm³/mol. The lowest BCUT2D eigenvalue weighted by Crippen LogP contribution is -2.17. The summed E-state index contributed by atoms with van der Waals surface area (Å²) in [7, 11) is 1.55. The Balaban J connectivity index is 2.85. The topological polar surface area (TPSA) is 68.0 Å². The third-order valence-electron chi connectivity index (χ3n) is 0.982. The van der Waals surface area contributed by atoms with Gasteiger partial charge in [0.15, 0.2) is 5.13 Å². The second kappa shape index (κ2) is 2.66. The number of nitrogens with one attached hydrogen (secondary N) is 1. The number of thiazole rings is 1. The molecule has 0 aliphatic rings. The van der Waals surface area contributed by atoms with Crippen molar-refractivity contribution in [2.45, 2.75) is 0 Å². The van der Waals surface area contributed by atoms with Crippen molar-refractivity contribution in [3.8, 4) is 0 Å². The normalized spacial score (nSPS) is 9.30. The van der Waals surface area contributed by atoms with E-state index in [1.165, 1.54) is 11.3 Å². The van der Waals surface area contributed by atoms with Gasteiger partial charge in [0, 0.05) is 12.4 Å². The molecule has 0 unspecified atom stereocenters. The highest BCUT2D eigenvalue weighted by Gasteiger charge is 2.05. The third kappa shape index (κ3) is 1.24. The molecule has 3 N–H and O–H groups in total. The van der Waals surface area contributed by atoms with Crippen molar-refractivity contribution in [3.05, 3.63) is 11.1 Å². The molecule has 10 heavy (non-hydrogen) atoms. The van der Waals surface area contributed by atoms with E-state index in [4.69, 9.17) is 5.73 Å². The standard InChI is InChI=1S/C5H7N3OS/c1-7-4(9)3-2-10-5(6)8-3/h2H,1H3,(H2,6,8)(H,7,9). The quantitative estimate of drug-likeness (QED) is 0.606. The molecule has 0 fully saturated rings. The molecular weight excluding hydrogens is 150 g/mol. The highest BCUT2D eigenvalue weighted by molar-refractivity contribution is 7.13. The SMILES string of the molecule is CNC(=O)c1csc(N)n1. The summed E-state index contributed by atoms with van der Waals surface area (Å²) in [6.45, 7) is 0. The lowest BCUT2D eigenvalue weighted by Gasteiger charge is -1.90. The van der Waals surface area contributed by atoms with Crippen molar-refractivity contribution < 1.29 is 4.79 Å². The molecule has 0 aliphatic carbocycles. The average molecular weight is 157 g/mol. The van der Waals surface area contributed by atoms with E-state index in [9.17, 15) is 4.79 Å². The van der Waals surface area contributed by atoms with Gasteiger partial charge < -0.3 is 11.1 Å². The van der Waals surface area contributed by atoms with Gasteiger partial charge in [-0.15, -0.1) is 11.3 Å². The first-order valence-electron chi connectivity index (χ1n) is 2.67. The smallest absolute Gasteiger partial charge is 0.270 e. The van der Waals surface area contributed by atoms with Crippen LogP contribution in [0.1, 0.15) is 10.5 Å². The first-order valence-corrected chi connectivity index (χ1v) is 3.55. The van der Waals surface area contributed by atoms with Gasteiger partial charge in [0.05, 0.1) is 0 Å². The van der Waals surface area contributed by atoms with Crippen molar-refractivity contribution in [1.29, 1.82) is 0 Å². The van der Waals surface area contributed by atoms with E-state index in [1.54, 1.807) is 12.4 Å². The van der Waals surface area contributed by atoms with E-state index >= 15 is 0 Å². The van der Waals surface area contributed by atoms with Crippen LogP contribution in [0.25, 0.3) is 0 Å². The number of amides is 1. The molecule has 1 aromatic rings. The van der Waals surface area contributed by atoms with Gasteiger partial charge in [0.1, 0.15) is 5.69 Å². The van der Waals surface area contributed by atoms with Crippen LogP contribution in [0.4, 0.5) is 5.13 Å². The van der Waals surface area contributed by atoms with Crippen LogP contribution in [0.3, 0.4) is 0 Å². The number of aromatic nitrogens is 1. The van der Waals surface area contributed by atoms with Crippen LogP contribution in [-0.2, 0) is 0 Å². The van der Waals surface area contributed by atoms with E-state index < -0.39 is 0 Å². The van der Waals surface area contributed by atoms with Crippen LogP contribution in [-0.4, -0.2) is 17.9 Å². The molecule has 1 amide bonds. The Morgan fingerprint density at radius 2 is 2.60 bits per heavy atom. The minimum Gasteiger partial charge on any atom is -0.375 e. The second-order valence-electron chi connectivity index (χ2n) is 1.65. The first-order chi connectivity index (χ1) is 4.74. The summed E-state index contributed by atoms with van der Waals surface area (Å²) in [6, 6.07) is 0. The number of rotatable bonds is 1. The van der Waals surface area contributed by atoms with Gasteiger partial charge in [-0.3, -0.25) is 4.79 Å². The van der Waals surface area contributed by atoms with E-state index in [1.807, 2.05) is 0 Å². The number of nitrogens with two attached hydrogens (primary N) is 1. The van der Waals surface area contributed by atoms with Gasteiger partial charge in [-0.2, -0.15) is 0 Å². The van der Waals surface area contributed by atoms with Crippen LogP contribution in [0.2, 0.25) is 0 Å². The van der Waals surface area contributed by atoms with E-state index in [2.05, 4.69) is 10.3 Å². The highest BCUT2D eigenvalue weighted by atomic mass is 32.1. The van der Waals surface area contributed by atoms with Gasteiger partial charge in [-0.1, -0.05) is 0 Å². The molecule has 0 atom stereocenters. The third-order valence-corrected chi connectivity index (χ3v) is 1.66. The molecule has 0 spiro atoms. The Morgan fingerprint density at radius 1 is 1.90 bits per heavy atom. The average Bonchev–Trinajstić information content (AvgIpc) is 2.34. The predicted octanol–water partition coefficient (Wildman–Crippen LogP) is 0.0849. The minimum atomic E-state index is -0.201. The van der Waals surface area contributed by atoms with Crippen LogP contribution >= 0.6 is 11.3 Å². The molecule has 0 bridgehead atoms. The number of hydrogen-bond donors (Lipinski definition) is 2. The monoisotopic (exact) mass is 157 g/mol. The fraction of sp³-hybridized carbons (Fsp3) is 0.200. The van der Waals surface area contributed by atoms with E-state index in [-0.39, 0.29) is 5.91 Å². The van der Waals surface area contributed by atoms with E-state index in [0.717, 1.165) is 0 Å². The molecule has 1 rings (SSSR count). The zero-order valence-electron chi connectivity index (χ0n) is 5.42. The molecule has 1 heterocycles. The largest absolute Gasteiger partial charge is 0.375 e. The molecule has 54 valence electrons. The minimum absolute atomic E-state index is 0.201. The Hall–Kier alpha value is -1.10. The summed E-state index contributed by atoms with van der Waals surface area (Å²) < 4.78 is 0. The molecule has 4 nitrogen and oxygen atoms in total. The van der Waals surface area contributed by atoms with Crippen LogP contribution in [0.5, 0.6) is 0 Å². The second-order valence-corrected chi connectivity index (χ2v) is 2.54. The first kappa shape index (κ1) is 7.01. The maximum Gasteiger partial charge on any atom is 0.270 e. The van der Waals surface area contributed by atoms with Crippen molar-refractivity contribution in [3.63, 3.8) is 0 Å². The number of carbonyl (C=O) groups excluding carboxylic acids is 1. The van der Waals surface area contributed by atoms with Crippen LogP contribution in [0.15, 0.2) is 5.38 Å². The van der Waals surface area contributed by atoms with Gasteiger partial charge in [-0.25, -0.2) is 4.98 Å². The van der Waals surface area contributed by atoms with Crippen molar-refractivity contribution in [2.75, 3.05) is 12.8 Å². The maximum atomic E-state index is 10.8. The fourth-order valence-corrected chi connectivity index (χ4v) is 1.06. The van der Waals surface area contributed by atoms with Crippen LogP contribution in [0, 0.1) is 0 Å². The molecular formula is C5H7N3OS. The molecule has 5 heteroatoms. The Bertz CT molecular complexity index is 245. The summed E-state index contributed by atoms with van der Waals surface area (Å²) in [4.78, 5) is 14.6. The number of anilines is 1. The summed E-state index contributed by atoms with van der Waals surface area (Å²) in [5.74, 6) is -0.201. The van der Waals surface area contributed by atoms with Gasteiger partial charge >= 0.3 is 0 Å². The summed E-state index contributed by atoms with van der Waals surface area (Å²) >= 11 is 1.25. The zero-order chi connectivity index (χ0) is 7.56. The summed E-state index contributed by atoms with van der Waals surface area (Å²) in [5, 5.41) is 4.48. The van der Waals surface area contributed by atoms with E-state index in [0.29, 0.717) is 10.8 Å². The Morgan fingerprint density at radius 3 is 3.00 bits per heavy atom. The van der Waals surface area contributed by atoms with Gasteiger partial charge in [0.25, 0.3) is 5.91 Å². The van der Waals surface area contributed by atoms with Crippen molar-refractivity contribution in [1.82, 2.24) is 10.3 Å². The van der Waals surface area contributed by atoms with Crippen molar-refractivity contribution in [2.24, 2.45) is 0 Å². The lowest BCUT2D eigenvalue weighted by atomic mass is 10.5. The van der Waals surface area contributed by atoms with Gasteiger partial charge in [-0.05, 0) is 0 Å². The molecule has 1 aromatic heterocycles. The lowest BCUT2D eigenvalue weighted by molar-refractivity contribution is 0.0959. The van der Waals surface area contributed by atoms with Crippen LogP contribution < -0.4 is 11.1 Å². The Labute approximate surface area is 62.1 Å². The fourth-order valence-electron chi connectivity index (χ4n) is 0.520. The molecule has 0 aliphatic heterocycles. The molecule has 0 saturated heterocycles. The molecule has 0 radical (unpaired) electrons. The zero-order valence-corrected chi connectivity index (χ0v) is 6.23.